The van der Waals surface area contributed by atoms with Crippen molar-refractivity contribution in [2.45, 2.75) is 284 Å². The number of allylic oxidation sites excluding steroid dienone is 14. The number of rotatable bonds is 52. The Balaban J connectivity index is 4.08. The van der Waals surface area contributed by atoms with Crippen molar-refractivity contribution in [3.8, 4) is 0 Å². The minimum atomic E-state index is -0.781. The van der Waals surface area contributed by atoms with Gasteiger partial charge < -0.3 is 14.2 Å². The smallest absolute Gasteiger partial charge is 0.306 e. The van der Waals surface area contributed by atoms with Gasteiger partial charge in [-0.05, 0) is 89.9 Å². The van der Waals surface area contributed by atoms with Gasteiger partial charge in [0.05, 0.1) is 0 Å². The van der Waals surface area contributed by atoms with Gasteiger partial charge in [0, 0.05) is 19.3 Å². The van der Waals surface area contributed by atoms with Crippen molar-refractivity contribution in [2.24, 2.45) is 0 Å². The van der Waals surface area contributed by atoms with E-state index in [2.05, 4.69) is 106 Å². The van der Waals surface area contributed by atoms with Crippen LogP contribution in [0.5, 0.6) is 0 Å². The summed E-state index contributed by atoms with van der Waals surface area (Å²) in [6, 6.07) is 0. The number of esters is 3. The maximum absolute atomic E-state index is 12.8. The first-order chi connectivity index (χ1) is 34.0. The molecular weight excluding hydrogens is 853 g/mol. The van der Waals surface area contributed by atoms with Crippen LogP contribution in [0, 0.1) is 0 Å². The van der Waals surface area contributed by atoms with E-state index in [1.807, 2.05) is 0 Å². The van der Waals surface area contributed by atoms with E-state index in [0.717, 1.165) is 122 Å². The molecule has 0 aromatic heterocycles. The summed E-state index contributed by atoms with van der Waals surface area (Å²) in [5.74, 6) is -0.899. The fourth-order valence-electron chi connectivity index (χ4n) is 8.10. The van der Waals surface area contributed by atoms with Crippen molar-refractivity contribution in [2.75, 3.05) is 13.2 Å². The lowest BCUT2D eigenvalue weighted by molar-refractivity contribution is -0.167. The zero-order valence-electron chi connectivity index (χ0n) is 45.3. The number of carbonyl (C=O) groups is 3. The highest BCUT2D eigenvalue weighted by Gasteiger charge is 2.19. The summed E-state index contributed by atoms with van der Waals surface area (Å²) in [5.41, 5.74) is 0. The zero-order valence-corrected chi connectivity index (χ0v) is 45.3. The van der Waals surface area contributed by atoms with Gasteiger partial charge in [-0.25, -0.2) is 0 Å². The predicted octanol–water partition coefficient (Wildman–Crippen LogP) is 19.5. The number of ether oxygens (including phenoxy) is 3. The molecule has 0 spiro atoms. The first-order valence-electron chi connectivity index (χ1n) is 29.1. The first kappa shape index (κ1) is 65.6. The lowest BCUT2D eigenvalue weighted by Crippen LogP contribution is -2.30. The molecule has 0 heterocycles. The lowest BCUT2D eigenvalue weighted by Gasteiger charge is -2.18. The third-order valence-corrected chi connectivity index (χ3v) is 12.4. The van der Waals surface area contributed by atoms with Crippen LogP contribution in [-0.4, -0.2) is 37.2 Å². The van der Waals surface area contributed by atoms with E-state index < -0.39 is 6.10 Å². The second kappa shape index (κ2) is 57.2. The first-order valence-corrected chi connectivity index (χ1v) is 29.1. The molecule has 0 saturated heterocycles. The van der Waals surface area contributed by atoms with Gasteiger partial charge in [0.1, 0.15) is 13.2 Å². The van der Waals surface area contributed by atoms with Gasteiger partial charge >= 0.3 is 17.9 Å². The van der Waals surface area contributed by atoms with Crippen LogP contribution >= 0.6 is 0 Å². The lowest BCUT2D eigenvalue weighted by atomic mass is 10.0. The minimum Gasteiger partial charge on any atom is -0.462 e. The highest BCUT2D eigenvalue weighted by Crippen LogP contribution is 2.16. The molecule has 0 saturated carbocycles. The molecule has 69 heavy (non-hydrogen) atoms. The molecule has 6 heteroatoms. The molecule has 0 aliphatic heterocycles. The van der Waals surface area contributed by atoms with Crippen molar-refractivity contribution < 1.29 is 28.6 Å². The van der Waals surface area contributed by atoms with E-state index in [0.29, 0.717) is 19.3 Å². The topological polar surface area (TPSA) is 78.9 Å². The Morgan fingerprint density at radius 3 is 0.884 bits per heavy atom. The monoisotopic (exact) mass is 961 g/mol. The third-order valence-electron chi connectivity index (χ3n) is 12.4. The van der Waals surface area contributed by atoms with Crippen LogP contribution < -0.4 is 0 Å². The van der Waals surface area contributed by atoms with Gasteiger partial charge in [0.2, 0.25) is 0 Å². The summed E-state index contributed by atoms with van der Waals surface area (Å²) in [7, 11) is 0. The molecule has 0 radical (unpaired) electrons. The fourth-order valence-corrected chi connectivity index (χ4v) is 8.10. The van der Waals surface area contributed by atoms with Gasteiger partial charge in [0.15, 0.2) is 6.10 Å². The highest BCUT2D eigenvalue weighted by molar-refractivity contribution is 5.71. The van der Waals surface area contributed by atoms with E-state index in [1.165, 1.54) is 116 Å². The van der Waals surface area contributed by atoms with Crippen LogP contribution in [0.2, 0.25) is 0 Å². The van der Waals surface area contributed by atoms with Crippen LogP contribution in [-0.2, 0) is 28.6 Å². The van der Waals surface area contributed by atoms with Crippen LogP contribution in [0.15, 0.2) is 85.1 Å². The second-order valence-electron chi connectivity index (χ2n) is 19.1. The van der Waals surface area contributed by atoms with Crippen LogP contribution in [0.4, 0.5) is 0 Å². The molecular formula is C63H108O6. The van der Waals surface area contributed by atoms with E-state index >= 15 is 0 Å². The van der Waals surface area contributed by atoms with Crippen molar-refractivity contribution in [1.29, 1.82) is 0 Å². The molecule has 0 N–H and O–H groups in total. The molecule has 0 amide bonds. The average Bonchev–Trinajstić information content (AvgIpc) is 3.35. The Kier molecular flexibility index (Phi) is 54.3. The normalized spacial score (nSPS) is 12.7. The molecule has 0 bridgehead atoms. The van der Waals surface area contributed by atoms with Gasteiger partial charge in [-0.1, -0.05) is 254 Å². The standard InChI is InChI=1S/C63H108O6/c1-4-7-10-13-16-18-20-22-24-25-26-27-28-29-30-31-32-33-34-35-36-37-39-40-42-44-47-50-53-56-62(65)68-59-60(58-67-61(64)55-52-49-46-15-12-9-6-3)69-63(66)57-54-51-48-45-43-41-38-23-21-19-17-14-11-8-5-2/h7-8,10-11,16-19,22-24,26-27,38,60H,4-6,9,12-15,20-21,25,28-37,39-59H2,1-3H3/b10-7-,11-8-,18-16-,19-17-,24-22-,27-26-,38-23-. The Bertz CT molecular complexity index is 1330. The molecule has 0 fully saturated rings. The Morgan fingerprint density at radius 2 is 0.565 bits per heavy atom. The Morgan fingerprint density at radius 1 is 0.304 bits per heavy atom. The fraction of sp³-hybridized carbons (Fsp3) is 0.730. The minimum absolute atomic E-state index is 0.0811. The van der Waals surface area contributed by atoms with Crippen molar-refractivity contribution in [1.82, 2.24) is 0 Å². The van der Waals surface area contributed by atoms with Gasteiger partial charge in [0.25, 0.3) is 0 Å². The molecule has 396 valence electrons. The van der Waals surface area contributed by atoms with Crippen LogP contribution in [0.1, 0.15) is 278 Å². The van der Waals surface area contributed by atoms with Crippen molar-refractivity contribution >= 4 is 17.9 Å². The molecule has 0 aliphatic rings. The molecule has 1 unspecified atom stereocenters. The number of hydrogen-bond donors (Lipinski definition) is 0. The maximum atomic E-state index is 12.8. The average molecular weight is 962 g/mol. The van der Waals surface area contributed by atoms with E-state index in [1.54, 1.807) is 0 Å². The highest BCUT2D eigenvalue weighted by atomic mass is 16.6. The number of unbranched alkanes of at least 4 members (excludes halogenated alkanes) is 27. The second-order valence-corrected chi connectivity index (χ2v) is 19.1. The summed E-state index contributed by atoms with van der Waals surface area (Å²) in [5, 5.41) is 0. The van der Waals surface area contributed by atoms with Gasteiger partial charge in [-0.3, -0.25) is 14.4 Å². The molecule has 1 atom stereocenters. The molecule has 6 nitrogen and oxygen atoms in total. The van der Waals surface area contributed by atoms with Crippen LogP contribution in [0.25, 0.3) is 0 Å². The summed E-state index contributed by atoms with van der Waals surface area (Å²) in [6.45, 7) is 6.37. The summed E-state index contributed by atoms with van der Waals surface area (Å²) in [4.78, 5) is 37.9. The zero-order chi connectivity index (χ0) is 50.0. The molecule has 0 rings (SSSR count). The molecule has 0 aromatic rings. The van der Waals surface area contributed by atoms with Crippen LogP contribution in [0.3, 0.4) is 0 Å². The quantitative estimate of drug-likeness (QED) is 0.0262. The maximum Gasteiger partial charge on any atom is 0.306 e. The van der Waals surface area contributed by atoms with Gasteiger partial charge in [-0.2, -0.15) is 0 Å². The largest absolute Gasteiger partial charge is 0.462 e. The van der Waals surface area contributed by atoms with Crippen molar-refractivity contribution in [3.05, 3.63) is 85.1 Å². The predicted molar refractivity (Wildman–Crippen MR) is 297 cm³/mol. The number of carbonyl (C=O) groups excluding carboxylic acids is 3. The molecule has 0 aliphatic carbocycles. The van der Waals surface area contributed by atoms with Gasteiger partial charge in [-0.15, -0.1) is 0 Å². The summed E-state index contributed by atoms with van der Waals surface area (Å²) >= 11 is 0. The van der Waals surface area contributed by atoms with E-state index in [9.17, 15) is 14.4 Å². The third kappa shape index (κ3) is 55.4. The van der Waals surface area contributed by atoms with E-state index in [-0.39, 0.29) is 31.1 Å². The van der Waals surface area contributed by atoms with E-state index in [4.69, 9.17) is 14.2 Å². The molecule has 0 aromatic carbocycles. The SMILES string of the molecule is CC/C=C\C/C=C\C/C=C\C/C=C\CCCCCCCCCCCCCCCCCCC(=O)OCC(COC(=O)CCCCCCCCC)OC(=O)CCCCCCC/C=C\C/C=C\C/C=C\CC. The Labute approximate surface area is 426 Å². The van der Waals surface area contributed by atoms with Crippen molar-refractivity contribution in [3.63, 3.8) is 0 Å². The summed E-state index contributed by atoms with van der Waals surface area (Å²) in [6.07, 6.45) is 74.7. The summed E-state index contributed by atoms with van der Waals surface area (Å²) < 4.78 is 16.8. The Hall–Kier alpha value is -3.41. The number of hydrogen-bond acceptors (Lipinski definition) is 6.